The molecular weight excluding hydrogens is 296 g/mol. The molecule has 1 aliphatic carbocycles. The molecule has 1 amide bonds. The first-order valence-electron chi connectivity index (χ1n) is 7.71. The average Bonchev–Trinajstić information content (AvgIpc) is 3.18. The molecule has 122 valence electrons. The molecule has 7 nitrogen and oxygen atoms in total. The fourth-order valence-corrected chi connectivity index (χ4v) is 2.50. The largest absolute Gasteiger partial charge is 0.492 e. The molecule has 0 aliphatic heterocycles. The SMILES string of the molecule is C=Cc1cc2n(CC(C)C)c(=O)c(C(=O)NC3CC3)c(O)n2n1. The molecule has 0 atom stereocenters. The number of carbonyl (C=O) groups excluding carboxylic acids is 1. The summed E-state index contributed by atoms with van der Waals surface area (Å²) in [7, 11) is 0. The highest BCUT2D eigenvalue weighted by molar-refractivity contribution is 5.96. The van der Waals surface area contributed by atoms with E-state index in [9.17, 15) is 14.7 Å². The molecule has 0 radical (unpaired) electrons. The van der Waals surface area contributed by atoms with E-state index in [1.807, 2.05) is 13.8 Å². The summed E-state index contributed by atoms with van der Waals surface area (Å²) in [5.74, 6) is -0.788. The summed E-state index contributed by atoms with van der Waals surface area (Å²) in [6, 6.07) is 1.76. The van der Waals surface area contributed by atoms with Gasteiger partial charge in [-0.25, -0.2) is 0 Å². The monoisotopic (exact) mass is 316 g/mol. The summed E-state index contributed by atoms with van der Waals surface area (Å²) < 4.78 is 2.70. The van der Waals surface area contributed by atoms with E-state index >= 15 is 0 Å². The maximum absolute atomic E-state index is 12.8. The van der Waals surface area contributed by atoms with Gasteiger partial charge in [-0.2, -0.15) is 9.61 Å². The number of nitrogens with one attached hydrogen (secondary N) is 1. The fraction of sp³-hybridized carbons (Fsp3) is 0.438. The number of fused-ring (bicyclic) bond motifs is 1. The Balaban J connectivity index is 2.24. The van der Waals surface area contributed by atoms with Crippen molar-refractivity contribution in [1.29, 1.82) is 0 Å². The van der Waals surface area contributed by atoms with Gasteiger partial charge in [-0.15, -0.1) is 0 Å². The van der Waals surface area contributed by atoms with Crippen LogP contribution in [0.2, 0.25) is 0 Å². The number of carbonyl (C=O) groups is 1. The number of hydrogen-bond donors (Lipinski definition) is 2. The van der Waals surface area contributed by atoms with Crippen LogP contribution >= 0.6 is 0 Å². The molecule has 2 aromatic heterocycles. The van der Waals surface area contributed by atoms with Crippen LogP contribution in [0.25, 0.3) is 11.7 Å². The van der Waals surface area contributed by atoms with Crippen molar-refractivity contribution < 1.29 is 9.90 Å². The lowest BCUT2D eigenvalue weighted by Crippen LogP contribution is -2.36. The molecule has 0 spiro atoms. The summed E-state index contributed by atoms with van der Waals surface area (Å²) in [5.41, 5.74) is 0.206. The summed E-state index contributed by atoms with van der Waals surface area (Å²) in [4.78, 5) is 25.1. The van der Waals surface area contributed by atoms with Gasteiger partial charge in [0.1, 0.15) is 5.65 Å². The van der Waals surface area contributed by atoms with Crippen molar-refractivity contribution in [3.05, 3.63) is 34.3 Å². The van der Waals surface area contributed by atoms with E-state index in [0.717, 1.165) is 12.8 Å². The average molecular weight is 316 g/mol. The molecule has 0 saturated heterocycles. The Labute approximate surface area is 133 Å². The van der Waals surface area contributed by atoms with Crippen molar-refractivity contribution >= 4 is 17.6 Å². The number of aromatic hydroxyl groups is 1. The zero-order chi connectivity index (χ0) is 16.7. The van der Waals surface area contributed by atoms with Crippen molar-refractivity contribution in [2.45, 2.75) is 39.3 Å². The van der Waals surface area contributed by atoms with Crippen LogP contribution in [-0.4, -0.2) is 31.2 Å². The number of hydrogen-bond acceptors (Lipinski definition) is 4. The topological polar surface area (TPSA) is 88.6 Å². The third kappa shape index (κ3) is 2.74. The Morgan fingerprint density at radius 2 is 2.26 bits per heavy atom. The van der Waals surface area contributed by atoms with E-state index in [1.165, 1.54) is 15.2 Å². The highest BCUT2D eigenvalue weighted by Gasteiger charge is 2.29. The smallest absolute Gasteiger partial charge is 0.270 e. The Bertz CT molecular complexity index is 843. The van der Waals surface area contributed by atoms with Gasteiger partial charge < -0.3 is 10.4 Å². The van der Waals surface area contributed by atoms with Gasteiger partial charge in [0.2, 0.25) is 5.88 Å². The molecule has 7 heteroatoms. The third-order valence-electron chi connectivity index (χ3n) is 3.77. The Hall–Kier alpha value is -2.57. The predicted octanol–water partition coefficient (Wildman–Crippen LogP) is 1.39. The van der Waals surface area contributed by atoms with E-state index < -0.39 is 17.3 Å². The van der Waals surface area contributed by atoms with Crippen molar-refractivity contribution in [1.82, 2.24) is 19.5 Å². The number of rotatable bonds is 5. The Morgan fingerprint density at radius 3 is 2.83 bits per heavy atom. The highest BCUT2D eigenvalue weighted by atomic mass is 16.3. The minimum Gasteiger partial charge on any atom is -0.492 e. The second-order valence-electron chi connectivity index (χ2n) is 6.30. The van der Waals surface area contributed by atoms with E-state index in [0.29, 0.717) is 17.9 Å². The van der Waals surface area contributed by atoms with E-state index in [-0.39, 0.29) is 17.5 Å². The van der Waals surface area contributed by atoms with Crippen LogP contribution < -0.4 is 10.9 Å². The highest BCUT2D eigenvalue weighted by Crippen LogP contribution is 2.22. The molecule has 0 aromatic carbocycles. The quantitative estimate of drug-likeness (QED) is 0.872. The van der Waals surface area contributed by atoms with Crippen molar-refractivity contribution in [2.75, 3.05) is 0 Å². The van der Waals surface area contributed by atoms with E-state index in [1.54, 1.807) is 6.07 Å². The van der Waals surface area contributed by atoms with Crippen LogP contribution in [0.4, 0.5) is 0 Å². The van der Waals surface area contributed by atoms with Crippen LogP contribution in [0.15, 0.2) is 17.4 Å². The molecule has 0 bridgehead atoms. The minimum atomic E-state index is -0.551. The summed E-state index contributed by atoms with van der Waals surface area (Å²) >= 11 is 0. The summed E-state index contributed by atoms with van der Waals surface area (Å²) in [6.45, 7) is 8.03. The third-order valence-corrected chi connectivity index (χ3v) is 3.77. The van der Waals surface area contributed by atoms with Gasteiger partial charge in [0.05, 0.1) is 5.69 Å². The minimum absolute atomic E-state index is 0.0944. The van der Waals surface area contributed by atoms with Crippen molar-refractivity contribution in [2.24, 2.45) is 5.92 Å². The van der Waals surface area contributed by atoms with Gasteiger partial charge >= 0.3 is 0 Å². The maximum atomic E-state index is 12.8. The normalized spacial score (nSPS) is 14.4. The molecule has 23 heavy (non-hydrogen) atoms. The van der Waals surface area contributed by atoms with Crippen molar-refractivity contribution in [3.8, 4) is 5.88 Å². The van der Waals surface area contributed by atoms with Gasteiger partial charge in [-0.05, 0) is 24.8 Å². The second kappa shape index (κ2) is 5.57. The molecular formula is C16H20N4O3. The first-order valence-corrected chi connectivity index (χ1v) is 7.71. The lowest BCUT2D eigenvalue weighted by atomic mass is 10.2. The van der Waals surface area contributed by atoms with Gasteiger partial charge in [0.25, 0.3) is 11.5 Å². The molecule has 1 aliphatic rings. The van der Waals surface area contributed by atoms with Gasteiger partial charge in [0, 0.05) is 18.7 Å². The molecule has 2 aromatic rings. The van der Waals surface area contributed by atoms with Crippen LogP contribution in [0.3, 0.4) is 0 Å². The van der Waals surface area contributed by atoms with Gasteiger partial charge in [0.15, 0.2) is 5.56 Å². The lowest BCUT2D eigenvalue weighted by molar-refractivity contribution is 0.0944. The Kier molecular flexibility index (Phi) is 3.71. The molecule has 2 heterocycles. The zero-order valence-electron chi connectivity index (χ0n) is 13.2. The first kappa shape index (κ1) is 15.3. The first-order chi connectivity index (χ1) is 10.9. The van der Waals surface area contributed by atoms with Crippen LogP contribution in [-0.2, 0) is 6.54 Å². The number of amides is 1. The van der Waals surface area contributed by atoms with Gasteiger partial charge in [-0.1, -0.05) is 20.4 Å². The molecule has 3 rings (SSSR count). The number of aromatic nitrogens is 3. The van der Waals surface area contributed by atoms with Crippen LogP contribution in [0, 0.1) is 5.92 Å². The Morgan fingerprint density at radius 1 is 1.57 bits per heavy atom. The second-order valence-corrected chi connectivity index (χ2v) is 6.30. The van der Waals surface area contributed by atoms with Gasteiger partial charge in [-0.3, -0.25) is 14.2 Å². The number of nitrogens with zero attached hydrogens (tertiary/aromatic N) is 3. The lowest BCUT2D eigenvalue weighted by Gasteiger charge is -2.14. The summed E-state index contributed by atoms with van der Waals surface area (Å²) in [5, 5.41) is 17.3. The molecule has 1 saturated carbocycles. The molecule has 2 N–H and O–H groups in total. The van der Waals surface area contributed by atoms with E-state index in [4.69, 9.17) is 0 Å². The van der Waals surface area contributed by atoms with Crippen LogP contribution in [0.5, 0.6) is 5.88 Å². The molecule has 0 unspecified atom stereocenters. The van der Waals surface area contributed by atoms with Crippen molar-refractivity contribution in [3.63, 3.8) is 0 Å². The van der Waals surface area contributed by atoms with E-state index in [2.05, 4.69) is 17.0 Å². The van der Waals surface area contributed by atoms with Crippen LogP contribution in [0.1, 0.15) is 42.7 Å². The maximum Gasteiger partial charge on any atom is 0.270 e. The summed E-state index contributed by atoms with van der Waals surface area (Å²) in [6.07, 6.45) is 3.33. The standard InChI is InChI=1S/C16H20N4O3/c1-4-10-7-12-19(8-9(2)3)15(22)13(16(23)20(12)18-10)14(21)17-11-5-6-11/h4,7,9,11,23H,1,5-6,8H2,2-3H3,(H,17,21). The predicted molar refractivity (Wildman–Crippen MR) is 86.5 cm³/mol. The molecule has 1 fully saturated rings. The fourth-order valence-electron chi connectivity index (χ4n) is 2.50. The zero-order valence-corrected chi connectivity index (χ0v) is 13.2.